The van der Waals surface area contributed by atoms with Gasteiger partial charge in [-0.25, -0.2) is 0 Å². The molecule has 0 saturated carbocycles. The normalized spacial score (nSPS) is 12.0. The van der Waals surface area contributed by atoms with Gasteiger partial charge in [0.15, 0.2) is 0 Å². The van der Waals surface area contributed by atoms with Crippen LogP contribution >= 0.6 is 0 Å². The van der Waals surface area contributed by atoms with Gasteiger partial charge in [-0.2, -0.15) is 0 Å². The Balaban J connectivity index is 0.000000102. The molecule has 0 spiro atoms. The molecule has 632 valence electrons. The molecule has 0 N–H and O–H groups in total. The minimum Gasteiger partial charge on any atom is -0.309 e. The second kappa shape index (κ2) is 30.8. The van der Waals surface area contributed by atoms with E-state index in [0.717, 1.165) is 11.4 Å². The summed E-state index contributed by atoms with van der Waals surface area (Å²) < 4.78 is 14.5. The summed E-state index contributed by atoms with van der Waals surface area (Å²) in [5.41, 5.74) is 34.1. The fourth-order valence-electron chi connectivity index (χ4n) is 22.9. The van der Waals surface area contributed by atoms with Gasteiger partial charge in [-0.15, -0.1) is 0 Å². The number of rotatable bonds is 7. The van der Waals surface area contributed by atoms with Gasteiger partial charge in [-0.05, 0) is 250 Å². The lowest BCUT2D eigenvalue weighted by Gasteiger charge is -2.24. The minimum absolute atomic E-state index is 1.15. The van der Waals surface area contributed by atoms with Crippen LogP contribution in [-0.4, -0.2) is 27.4 Å². The second-order valence-corrected chi connectivity index (χ2v) is 36.1. The molecule has 6 aromatic heterocycles. The van der Waals surface area contributed by atoms with Crippen LogP contribution in [-0.2, 0) is 0 Å². The van der Waals surface area contributed by atoms with Gasteiger partial charge in [0.05, 0.1) is 66.2 Å². The van der Waals surface area contributed by atoms with E-state index in [2.05, 4.69) is 525 Å². The number of benzene rings is 23. The molecule has 136 heavy (non-hydrogen) atoms. The van der Waals surface area contributed by atoms with E-state index in [1.54, 1.807) is 0 Å². The lowest BCUT2D eigenvalue weighted by molar-refractivity contribution is 1.17. The summed E-state index contributed by atoms with van der Waals surface area (Å²) in [7, 11) is 0. The Labute approximate surface area is 783 Å². The van der Waals surface area contributed by atoms with Crippen molar-refractivity contribution in [3.8, 4) is 89.8 Å². The predicted molar refractivity (Wildman–Crippen MR) is 576 cm³/mol. The first-order chi connectivity index (χ1) is 67.5. The number of hydrogen-bond donors (Lipinski definition) is 0. The minimum atomic E-state index is 1.15. The summed E-state index contributed by atoms with van der Waals surface area (Å²) in [5, 5.41) is 25.4. The van der Waals surface area contributed by atoms with Gasteiger partial charge in [-0.1, -0.05) is 346 Å². The van der Waals surface area contributed by atoms with Crippen molar-refractivity contribution in [3.05, 3.63) is 497 Å². The van der Waals surface area contributed by atoms with Crippen molar-refractivity contribution < 1.29 is 0 Å². The largest absolute Gasteiger partial charge is 0.309 e. The smallest absolute Gasteiger partial charge is 0.0542 e. The zero-order valence-electron chi connectivity index (χ0n) is 74.0. The summed E-state index contributed by atoms with van der Waals surface area (Å²) >= 11 is 0. The van der Waals surface area contributed by atoms with Crippen molar-refractivity contribution in [2.75, 3.05) is 0 Å². The van der Waals surface area contributed by atoms with Crippen molar-refractivity contribution in [2.45, 2.75) is 0 Å². The van der Waals surface area contributed by atoms with Gasteiger partial charge < -0.3 is 27.4 Å². The Kier molecular flexibility index (Phi) is 17.4. The zero-order valence-corrected chi connectivity index (χ0v) is 74.0. The van der Waals surface area contributed by atoms with Crippen LogP contribution in [0.4, 0.5) is 0 Å². The van der Waals surface area contributed by atoms with Gasteiger partial charge in [-0.3, -0.25) is 0 Å². The Morgan fingerprint density at radius 1 is 0.0956 bits per heavy atom. The monoisotopic (exact) mass is 1730 g/mol. The van der Waals surface area contributed by atoms with E-state index in [4.69, 9.17) is 0 Å². The van der Waals surface area contributed by atoms with E-state index >= 15 is 0 Å². The van der Waals surface area contributed by atoms with Crippen LogP contribution in [0.2, 0.25) is 0 Å². The predicted octanol–water partition coefficient (Wildman–Crippen LogP) is 34.9. The SMILES string of the molecule is c1cc(-c2ccc3c(ccc4ccccc43)c2)cc(-n2c3ccccc3c3cc(-n4c5ccccc5c5ccccc54)ccc32)c1.c1ccc2c(c1)-c1ccccc1-c1ccc(-n3c4ccccc4c4cc(-n5c6ccccc6c6ccccc65)ccc43)cc1-c1ccccc1-2.c1ccc2c(c1)ccc1cc(-n3c4ccccc4c4cc(-n5c6ccccc6c6ccccc65)ccc43)ccc12. The van der Waals surface area contributed by atoms with Crippen molar-refractivity contribution in [1.29, 1.82) is 0 Å². The topological polar surface area (TPSA) is 29.6 Å². The molecule has 0 fully saturated rings. The van der Waals surface area contributed by atoms with Crippen LogP contribution in [0, 0.1) is 0 Å². The van der Waals surface area contributed by atoms with Gasteiger partial charge >= 0.3 is 0 Å². The van der Waals surface area contributed by atoms with E-state index < -0.39 is 0 Å². The molecule has 1 aliphatic rings. The second-order valence-electron chi connectivity index (χ2n) is 36.1. The fraction of sp³-hybridized carbons (Fsp3) is 0. The molecule has 30 rings (SSSR count). The highest BCUT2D eigenvalue weighted by molar-refractivity contribution is 6.18. The molecule has 6 heteroatoms. The molecule has 6 nitrogen and oxygen atoms in total. The molecule has 29 aromatic rings. The number of nitrogens with zero attached hydrogens (tertiary/aromatic N) is 6. The van der Waals surface area contributed by atoms with Crippen molar-refractivity contribution >= 4 is 174 Å². The van der Waals surface area contributed by atoms with Crippen molar-refractivity contribution in [1.82, 2.24) is 27.4 Å². The van der Waals surface area contributed by atoms with Crippen LogP contribution in [0.5, 0.6) is 0 Å². The zero-order chi connectivity index (χ0) is 89.2. The van der Waals surface area contributed by atoms with Crippen molar-refractivity contribution in [3.63, 3.8) is 0 Å². The highest BCUT2D eigenvalue weighted by Gasteiger charge is 2.27. The Hall–Kier alpha value is -18.1. The molecule has 0 radical (unpaired) electrons. The molecule has 0 atom stereocenters. The number of fused-ring (bicyclic) bond motifs is 32. The molecule has 0 unspecified atom stereocenters. The van der Waals surface area contributed by atoms with Crippen LogP contribution in [0.25, 0.3) is 264 Å². The van der Waals surface area contributed by atoms with Gasteiger partial charge in [0.2, 0.25) is 0 Å². The number of hydrogen-bond acceptors (Lipinski definition) is 0. The summed E-state index contributed by atoms with van der Waals surface area (Å²) in [5.74, 6) is 0. The standard InChI is InChI=1S/C48H30N2.C44H28N2.C38H24N2/c1-2-14-34-33(13-1)35-15-3-4-17-37(35)39-27-25-31(29-43(39)38-18-6-5-16-36(34)38)50-47-24-12-9-21-42(47)44-30-32(26-28-48(44)50)49-45-22-10-7-19-40(45)41-20-8-11-23-46(41)49;1-2-13-35-29(10-1)20-21-32-26-31(22-24-36(32)35)30-11-9-12-33(27-30)45-43-19-8-5-16-39(43)40-28-34(23-25-44(40)45)46-41-17-6-3-14-37(41)38-15-4-7-18-42(38)46;1-2-10-29-25(9-1)17-18-26-23-27(19-21-30(26)29)39-37-16-8-5-13-33(37)34-24-28(20-22-38(34)39)40-35-14-6-3-11-31(35)32-12-4-7-15-36(32)40/h1-30H;1-28H;1-24H. The number of aromatic nitrogens is 6. The molecular formula is C130H82N6. The average Bonchev–Trinajstić information content (AvgIpc) is 1.62. The first-order valence-corrected chi connectivity index (χ1v) is 46.9. The molecule has 0 amide bonds. The summed E-state index contributed by atoms with van der Waals surface area (Å²) in [6.07, 6.45) is 0. The highest BCUT2D eigenvalue weighted by atomic mass is 15.0. The Morgan fingerprint density at radius 2 is 0.316 bits per heavy atom. The van der Waals surface area contributed by atoms with E-state index in [1.807, 2.05) is 0 Å². The first-order valence-electron chi connectivity index (χ1n) is 46.9. The summed E-state index contributed by atoms with van der Waals surface area (Å²) in [6.45, 7) is 0. The maximum atomic E-state index is 2.45. The average molecular weight is 1730 g/mol. The Morgan fingerprint density at radius 3 is 0.669 bits per heavy atom. The van der Waals surface area contributed by atoms with Crippen LogP contribution in [0.15, 0.2) is 497 Å². The first kappa shape index (κ1) is 76.7. The van der Waals surface area contributed by atoms with Crippen LogP contribution in [0.1, 0.15) is 0 Å². The molecule has 1 aliphatic carbocycles. The summed E-state index contributed by atoms with van der Waals surface area (Å²) in [6, 6.07) is 182. The van der Waals surface area contributed by atoms with E-state index in [0.29, 0.717) is 0 Å². The molecule has 23 aromatic carbocycles. The quantitative estimate of drug-likeness (QED) is 0.142. The Bertz CT molecular complexity index is 9890. The number of para-hydroxylation sites is 9. The van der Waals surface area contributed by atoms with Crippen LogP contribution < -0.4 is 0 Å². The van der Waals surface area contributed by atoms with Crippen LogP contribution in [0.3, 0.4) is 0 Å². The highest BCUT2D eigenvalue weighted by Crippen LogP contribution is 2.51. The van der Waals surface area contributed by atoms with Gasteiger partial charge in [0.1, 0.15) is 0 Å². The van der Waals surface area contributed by atoms with E-state index in [-0.39, 0.29) is 0 Å². The molecule has 6 heterocycles. The lowest BCUT2D eigenvalue weighted by Crippen LogP contribution is -2.00. The van der Waals surface area contributed by atoms with E-state index in [1.165, 1.54) is 252 Å². The third-order valence-electron chi connectivity index (χ3n) is 28.9. The maximum absolute atomic E-state index is 2.45. The molecule has 0 aliphatic heterocycles. The van der Waals surface area contributed by atoms with Gasteiger partial charge in [0, 0.05) is 98.8 Å². The maximum Gasteiger partial charge on any atom is 0.0542 e. The van der Waals surface area contributed by atoms with Crippen molar-refractivity contribution in [2.24, 2.45) is 0 Å². The third-order valence-corrected chi connectivity index (χ3v) is 28.9. The fourth-order valence-corrected chi connectivity index (χ4v) is 22.9. The van der Waals surface area contributed by atoms with Gasteiger partial charge in [0.25, 0.3) is 0 Å². The summed E-state index contributed by atoms with van der Waals surface area (Å²) in [4.78, 5) is 0. The van der Waals surface area contributed by atoms with E-state index in [9.17, 15) is 0 Å². The molecular weight excluding hydrogens is 1650 g/mol. The molecule has 0 bridgehead atoms. The molecule has 0 saturated heterocycles. The lowest BCUT2D eigenvalue weighted by atomic mass is 9.81. The third kappa shape index (κ3) is 11.9.